The number of ether oxygens (including phenoxy) is 12. The number of esters is 6. The normalized spacial score (nSPS) is 45.2. The Morgan fingerprint density at radius 2 is 0.957 bits per heavy atom. The van der Waals surface area contributed by atoms with E-state index < -0.39 is 171 Å². The van der Waals surface area contributed by atoms with E-state index in [-0.39, 0.29) is 47.3 Å². The molecule has 0 aromatic heterocycles. The van der Waals surface area contributed by atoms with Crippen LogP contribution < -0.4 is 0 Å². The van der Waals surface area contributed by atoms with Gasteiger partial charge in [-0.2, -0.15) is 0 Å². The van der Waals surface area contributed by atoms with Crippen LogP contribution in [0.25, 0.3) is 0 Å². The molecule has 12 heterocycles. The van der Waals surface area contributed by atoms with Gasteiger partial charge in [0.25, 0.3) is 5.72 Å². The molecule has 0 amide bonds. The summed E-state index contributed by atoms with van der Waals surface area (Å²) in [7, 11) is 0. The molecule has 15 aliphatic rings. The molecular formula is C68H92ClNO24. The van der Waals surface area contributed by atoms with Gasteiger partial charge in [-0.1, -0.05) is 72.2 Å². The molecule has 1 aromatic rings. The average Bonchev–Trinajstić information content (AvgIpc) is 1.25. The summed E-state index contributed by atoms with van der Waals surface area (Å²) in [6.07, 6.45) is 1.58. The van der Waals surface area contributed by atoms with Crippen LogP contribution in [0.2, 0.25) is 5.02 Å². The first-order valence-electron chi connectivity index (χ1n) is 34.2. The van der Waals surface area contributed by atoms with Gasteiger partial charge in [0.05, 0.1) is 38.5 Å². The van der Waals surface area contributed by atoms with E-state index in [0.717, 1.165) is 57.8 Å². The largest absolute Gasteiger partial charge is 0.459 e. The summed E-state index contributed by atoms with van der Waals surface area (Å²) in [5.41, 5.74) is -5.30. The minimum atomic E-state index is -2.35. The maximum absolute atomic E-state index is 14.3. The van der Waals surface area contributed by atoms with Crippen LogP contribution in [-0.2, 0) is 115 Å². The molecule has 520 valence electrons. The molecule has 26 heteroatoms. The zero-order chi connectivity index (χ0) is 66.5. The van der Waals surface area contributed by atoms with E-state index in [1.54, 1.807) is 45.0 Å². The van der Waals surface area contributed by atoms with Gasteiger partial charge in [-0.3, -0.25) is 28.8 Å². The highest BCUT2D eigenvalue weighted by atomic mass is 35.5. The van der Waals surface area contributed by atoms with Crippen molar-refractivity contribution in [2.75, 3.05) is 13.2 Å². The van der Waals surface area contributed by atoms with Crippen LogP contribution >= 0.6 is 11.6 Å². The Morgan fingerprint density at radius 3 is 1.48 bits per heavy atom. The van der Waals surface area contributed by atoms with Crippen LogP contribution in [0.5, 0.6) is 0 Å². The molecule has 3 spiro atoms. The smallest absolute Gasteiger partial charge is 0.308 e. The Morgan fingerprint density at radius 1 is 0.511 bits per heavy atom. The highest BCUT2D eigenvalue weighted by molar-refractivity contribution is 6.30. The summed E-state index contributed by atoms with van der Waals surface area (Å²) in [5, 5.41) is 0.333. The fourth-order valence-corrected chi connectivity index (χ4v) is 18.5. The van der Waals surface area contributed by atoms with Gasteiger partial charge in [0.15, 0.2) is 48.9 Å². The van der Waals surface area contributed by atoms with Crippen molar-refractivity contribution in [1.82, 2.24) is 0 Å². The number of hydrogen-bond donors (Lipinski definition) is 0. The number of rotatable bonds is 19. The lowest BCUT2D eigenvalue weighted by atomic mass is 9.50. The first kappa shape index (κ1) is 68.1. The van der Waals surface area contributed by atoms with Crippen molar-refractivity contribution in [3.8, 4) is 0 Å². The number of carbonyl (C=O) groups excluding carboxylic acids is 6. The lowest BCUT2D eigenvalue weighted by Crippen LogP contribution is -2.74. The molecule has 1 unspecified atom stereocenters. The molecule has 0 radical (unpaired) electrons. The molecule has 16 rings (SSSR count). The molecule has 25 atom stereocenters. The maximum Gasteiger partial charge on any atom is 0.308 e. The fraction of sp³-hybridized carbons (Fsp3) is 0.809. The van der Waals surface area contributed by atoms with Gasteiger partial charge in [-0.15, -0.1) is 0 Å². The molecule has 1 aromatic carbocycles. The fourth-order valence-electron chi connectivity index (χ4n) is 18.3. The Hall–Kier alpha value is -4.48. The van der Waals surface area contributed by atoms with E-state index in [2.05, 4.69) is 32.7 Å². The number of hydrogen-bond acceptors (Lipinski definition) is 25. The van der Waals surface area contributed by atoms with Crippen molar-refractivity contribution < 1.29 is 115 Å². The van der Waals surface area contributed by atoms with Gasteiger partial charge in [-0.05, 0) is 132 Å². The Kier molecular flexibility index (Phi) is 18.6. The summed E-state index contributed by atoms with van der Waals surface area (Å²) in [6.45, 7) is 18.1. The quantitative estimate of drug-likeness (QED) is 0.0538. The van der Waals surface area contributed by atoms with Crippen LogP contribution in [0.1, 0.15) is 190 Å². The number of carbonyl (C=O) groups is 6. The monoisotopic (exact) mass is 1340 g/mol. The molecule has 3 saturated carbocycles. The molecular weight excluding hydrogens is 1250 g/mol. The number of fused-ring (bicyclic) bond motifs is 6. The summed E-state index contributed by atoms with van der Waals surface area (Å²) < 4.78 is 74.4. The number of benzene rings is 1. The average molecular weight is 1340 g/mol. The van der Waals surface area contributed by atoms with Crippen LogP contribution in [0.3, 0.4) is 0 Å². The van der Waals surface area contributed by atoms with E-state index >= 15 is 0 Å². The topological polar surface area (TPSA) is 281 Å². The Bertz CT molecular complexity index is 3100. The summed E-state index contributed by atoms with van der Waals surface area (Å²) in [6, 6.07) is 6.50. The third kappa shape index (κ3) is 12.1. The molecule has 94 heavy (non-hydrogen) atoms. The number of halogens is 1. The second-order valence-corrected chi connectivity index (χ2v) is 30.4. The van der Waals surface area contributed by atoms with E-state index in [1.165, 1.54) is 6.21 Å². The SMILES string of the molecule is C[C@H]1[C@H](OC(=O)CCC(=O)OCC(COC(=O)CCC(=O)O[C@@H]2O[C@@H]3O[C@]4(C)CC[C@H]5[C@H](C)CC[C@@](C)([C@H]2C)[C@@]35OO4)(N=Cc2cccc(Cl)c2)OC(=O)CCC(=O)O[C@@H]2O[C@@H]3O[C@]4(C)CC[C@H]5[C@H](C)CC[C@@H]([C@H]2C)[C@@]35OO4)O[C@@H]2O[C@]3(C)CC[C@H]4[C@H](C)CC[C@@H]1[C@@]24OO3. The van der Waals surface area contributed by atoms with Gasteiger partial charge < -0.3 is 56.8 Å². The van der Waals surface area contributed by atoms with Crippen molar-refractivity contribution in [1.29, 1.82) is 0 Å². The summed E-state index contributed by atoms with van der Waals surface area (Å²) in [4.78, 5) is 125. The lowest BCUT2D eigenvalue weighted by Gasteiger charge is -2.65. The van der Waals surface area contributed by atoms with Crippen molar-refractivity contribution >= 4 is 53.6 Å². The second kappa shape index (κ2) is 25.7. The van der Waals surface area contributed by atoms with Gasteiger partial charge >= 0.3 is 35.8 Å². The van der Waals surface area contributed by atoms with E-state index in [0.29, 0.717) is 47.6 Å². The zero-order valence-electron chi connectivity index (χ0n) is 55.5. The minimum absolute atomic E-state index is 0.0536. The standard InChI is InChI=1S/C68H92ClNO24/c1-36-14-16-47-39(4)55(82-58-66(47)44(36)25-29-62(8,86-58)89-92-66)79-51(73)20-18-49(71)77-34-65(70-33-42-12-11-13-43(69)32-42,85-54(76)23-22-52(74)80-56-40(5)48-17-15-37(2)45-26-30-63(9)87-59(83-56)67(45,48)93-90-63)35-78-50(72)19-21-53(75)81-57-41(6)61(7)28-24-38(3)46-27-31-64(10)88-60(84-57)68(46,61)94-91-64/h11-13,32-33,36-41,44-48,55-60H,14-31,34-35H2,1-10H3/t36-,37-,38-,39-,40-,41+,44+,45+,46+,47+,48+,55-,56-,57-,58-,59-,60-,61+,62+,63+,64+,65?,66-,67-,68+/m1/s1. The van der Waals surface area contributed by atoms with Gasteiger partial charge in [-0.25, -0.2) is 34.3 Å². The maximum atomic E-state index is 14.3. The van der Waals surface area contributed by atoms with Gasteiger partial charge in [0.1, 0.15) is 0 Å². The van der Waals surface area contributed by atoms with E-state index in [9.17, 15) is 28.8 Å². The molecule has 12 saturated heterocycles. The number of aliphatic imine (C=N–C) groups is 1. The van der Waals surface area contributed by atoms with Crippen LogP contribution in [0.4, 0.5) is 0 Å². The Labute approximate surface area is 552 Å². The summed E-state index contributed by atoms with van der Waals surface area (Å²) in [5.74, 6) is -8.68. The van der Waals surface area contributed by atoms with Crippen molar-refractivity contribution in [3.63, 3.8) is 0 Å². The molecule has 12 aliphatic heterocycles. The molecule has 0 N–H and O–H groups in total. The minimum Gasteiger partial charge on any atom is -0.459 e. The van der Waals surface area contributed by atoms with Crippen molar-refractivity contribution in [3.05, 3.63) is 34.9 Å². The third-order valence-corrected chi connectivity index (χ3v) is 24.2. The van der Waals surface area contributed by atoms with E-state index in [4.69, 9.17) is 97.8 Å². The van der Waals surface area contributed by atoms with Crippen molar-refractivity contribution in [2.24, 2.45) is 75.5 Å². The van der Waals surface area contributed by atoms with Crippen LogP contribution in [0, 0.1) is 70.5 Å². The molecule has 15 fully saturated rings. The van der Waals surface area contributed by atoms with Gasteiger partial charge in [0.2, 0.25) is 36.2 Å². The van der Waals surface area contributed by atoms with Crippen LogP contribution in [-0.4, -0.2) is 133 Å². The third-order valence-electron chi connectivity index (χ3n) is 23.9. The summed E-state index contributed by atoms with van der Waals surface area (Å²) >= 11 is 6.38. The van der Waals surface area contributed by atoms with Crippen molar-refractivity contribution in [2.45, 2.75) is 262 Å². The van der Waals surface area contributed by atoms with Gasteiger partial charge in [0, 0.05) is 65.5 Å². The predicted molar refractivity (Wildman–Crippen MR) is 321 cm³/mol. The first-order valence-corrected chi connectivity index (χ1v) is 34.5. The molecule has 25 nitrogen and oxygen atoms in total. The van der Waals surface area contributed by atoms with E-state index in [1.807, 2.05) is 20.8 Å². The highest BCUT2D eigenvalue weighted by Crippen LogP contribution is 2.67. The second-order valence-electron chi connectivity index (χ2n) is 30.0. The number of nitrogens with zero attached hydrogens (tertiary/aromatic N) is 1. The zero-order valence-corrected chi connectivity index (χ0v) is 56.2. The Balaban J connectivity index is 0.686. The molecule has 6 bridgehead atoms. The van der Waals surface area contributed by atoms with Crippen LogP contribution in [0.15, 0.2) is 29.3 Å². The lowest BCUT2D eigenvalue weighted by molar-refractivity contribution is -0.586. The first-order chi connectivity index (χ1) is 44.6. The molecule has 3 aliphatic carbocycles. The predicted octanol–water partition coefficient (Wildman–Crippen LogP) is 10.1. The highest BCUT2D eigenvalue weighted by Gasteiger charge is 2.76.